The third kappa shape index (κ3) is 6.28. The third-order valence-electron chi connectivity index (χ3n) is 3.85. The highest BCUT2D eigenvalue weighted by molar-refractivity contribution is 7.88. The van der Waals surface area contributed by atoms with Crippen LogP contribution in [0, 0.1) is 6.92 Å². The van der Waals surface area contributed by atoms with Crippen molar-refractivity contribution in [2.75, 3.05) is 19.3 Å². The minimum atomic E-state index is -3.37. The van der Waals surface area contributed by atoms with Gasteiger partial charge in [-0.3, -0.25) is 9.78 Å². The lowest BCUT2D eigenvalue weighted by Gasteiger charge is -2.20. The van der Waals surface area contributed by atoms with Crippen LogP contribution in [-0.2, 0) is 27.8 Å². The quantitative estimate of drug-likeness (QED) is 0.773. The topological polar surface area (TPSA) is 79.4 Å². The average Bonchev–Trinajstić information content (AvgIpc) is 2.56. The van der Waals surface area contributed by atoms with E-state index in [0.29, 0.717) is 0 Å². The summed E-state index contributed by atoms with van der Waals surface area (Å²) in [5.74, 6) is -0.121. The first kappa shape index (κ1) is 19.1. The van der Waals surface area contributed by atoms with Crippen molar-refractivity contribution in [2.24, 2.45) is 0 Å². The average molecular weight is 361 g/mol. The molecule has 1 aromatic heterocycles. The Balaban J connectivity index is 1.88. The van der Waals surface area contributed by atoms with Gasteiger partial charge in [0.05, 0.1) is 12.7 Å². The molecule has 1 aromatic carbocycles. The molecule has 1 amide bonds. The van der Waals surface area contributed by atoms with Crippen LogP contribution >= 0.6 is 0 Å². The van der Waals surface area contributed by atoms with Crippen molar-refractivity contribution in [3.63, 3.8) is 0 Å². The Labute approximate surface area is 148 Å². The van der Waals surface area contributed by atoms with E-state index in [9.17, 15) is 13.2 Å². The molecule has 0 aliphatic carbocycles. The van der Waals surface area contributed by atoms with E-state index in [-0.39, 0.29) is 32.0 Å². The molecule has 0 spiro atoms. The Hall–Kier alpha value is -2.25. The molecule has 7 heteroatoms. The van der Waals surface area contributed by atoms with E-state index in [2.05, 4.69) is 10.3 Å². The Morgan fingerprint density at radius 2 is 1.96 bits per heavy atom. The van der Waals surface area contributed by atoms with Crippen molar-refractivity contribution in [2.45, 2.75) is 19.9 Å². The molecule has 0 aliphatic rings. The molecule has 134 valence electrons. The van der Waals surface area contributed by atoms with E-state index >= 15 is 0 Å². The molecule has 1 N–H and O–H groups in total. The fourth-order valence-electron chi connectivity index (χ4n) is 2.42. The van der Waals surface area contributed by atoms with Crippen LogP contribution in [0.4, 0.5) is 0 Å². The molecular weight excluding hydrogens is 338 g/mol. The van der Waals surface area contributed by atoms with Crippen LogP contribution in [0.3, 0.4) is 0 Å². The van der Waals surface area contributed by atoms with Crippen LogP contribution in [0.15, 0.2) is 48.8 Å². The summed E-state index contributed by atoms with van der Waals surface area (Å²) >= 11 is 0. The van der Waals surface area contributed by atoms with E-state index in [0.717, 1.165) is 16.7 Å². The van der Waals surface area contributed by atoms with Crippen LogP contribution < -0.4 is 5.32 Å². The smallest absolute Gasteiger partial charge is 0.224 e. The van der Waals surface area contributed by atoms with Crippen LogP contribution in [0.5, 0.6) is 0 Å². The lowest BCUT2D eigenvalue weighted by atomic mass is 10.1. The highest BCUT2D eigenvalue weighted by Gasteiger charge is 2.17. The number of nitrogens with zero attached hydrogens (tertiary/aromatic N) is 2. The number of aromatic nitrogens is 1. The van der Waals surface area contributed by atoms with Gasteiger partial charge in [-0.05, 0) is 29.7 Å². The number of hydrogen-bond acceptors (Lipinski definition) is 4. The second-order valence-electron chi connectivity index (χ2n) is 5.91. The minimum absolute atomic E-state index is 0.121. The summed E-state index contributed by atoms with van der Waals surface area (Å²) in [5.41, 5.74) is 2.83. The molecule has 0 saturated carbocycles. The number of rotatable bonds is 8. The predicted molar refractivity (Wildman–Crippen MR) is 97.4 cm³/mol. The van der Waals surface area contributed by atoms with Gasteiger partial charge in [-0.25, -0.2) is 8.42 Å². The molecule has 25 heavy (non-hydrogen) atoms. The predicted octanol–water partition coefficient (Wildman–Crippen LogP) is 1.51. The fourth-order valence-corrected chi connectivity index (χ4v) is 3.23. The maximum atomic E-state index is 12.1. The normalized spacial score (nSPS) is 11.5. The molecule has 0 unspecified atom stereocenters. The van der Waals surface area contributed by atoms with Gasteiger partial charge in [-0.2, -0.15) is 4.31 Å². The first-order chi connectivity index (χ1) is 11.9. The molecular formula is C18H23N3O3S. The summed E-state index contributed by atoms with van der Waals surface area (Å²) in [4.78, 5) is 16.1. The summed E-state index contributed by atoms with van der Waals surface area (Å²) in [6.07, 6.45) is 4.72. The SMILES string of the molecule is Cc1ccccc1CC(=O)NCCN(Cc1cccnc1)S(C)(=O)=O. The van der Waals surface area contributed by atoms with Crippen LogP contribution in [0.25, 0.3) is 0 Å². The first-order valence-electron chi connectivity index (χ1n) is 8.01. The van der Waals surface area contributed by atoms with Gasteiger partial charge >= 0.3 is 0 Å². The van der Waals surface area contributed by atoms with E-state index in [4.69, 9.17) is 0 Å². The van der Waals surface area contributed by atoms with E-state index in [1.54, 1.807) is 18.5 Å². The standard InChI is InChI=1S/C18H23N3O3S/c1-15-6-3-4-8-17(15)12-18(22)20-10-11-21(25(2,23)24)14-16-7-5-9-19-13-16/h3-9,13H,10-12,14H2,1-2H3,(H,20,22). The molecule has 6 nitrogen and oxygen atoms in total. The molecule has 0 radical (unpaired) electrons. The van der Waals surface area contributed by atoms with Gasteiger partial charge in [0.25, 0.3) is 0 Å². The Morgan fingerprint density at radius 3 is 2.60 bits per heavy atom. The van der Waals surface area contributed by atoms with Gasteiger partial charge in [-0.1, -0.05) is 30.3 Å². The van der Waals surface area contributed by atoms with E-state index < -0.39 is 10.0 Å². The van der Waals surface area contributed by atoms with Gasteiger partial charge in [0.15, 0.2) is 0 Å². The highest BCUT2D eigenvalue weighted by Crippen LogP contribution is 2.08. The van der Waals surface area contributed by atoms with Crippen LogP contribution in [0.1, 0.15) is 16.7 Å². The van der Waals surface area contributed by atoms with Crippen molar-refractivity contribution < 1.29 is 13.2 Å². The zero-order valence-electron chi connectivity index (χ0n) is 14.5. The minimum Gasteiger partial charge on any atom is -0.354 e. The fraction of sp³-hybridized carbons (Fsp3) is 0.333. The summed E-state index contributed by atoms with van der Waals surface area (Å²) in [7, 11) is -3.37. The molecule has 0 bridgehead atoms. The monoisotopic (exact) mass is 361 g/mol. The van der Waals surface area contributed by atoms with Gasteiger partial charge in [0.2, 0.25) is 15.9 Å². The lowest BCUT2D eigenvalue weighted by Crippen LogP contribution is -2.38. The highest BCUT2D eigenvalue weighted by atomic mass is 32.2. The third-order valence-corrected chi connectivity index (χ3v) is 5.10. The summed E-state index contributed by atoms with van der Waals surface area (Å²) in [5, 5.41) is 2.79. The number of sulfonamides is 1. The van der Waals surface area contributed by atoms with Gasteiger partial charge in [0.1, 0.15) is 0 Å². The van der Waals surface area contributed by atoms with Crippen molar-refractivity contribution in [3.05, 3.63) is 65.5 Å². The van der Waals surface area contributed by atoms with Crippen LogP contribution in [0.2, 0.25) is 0 Å². The van der Waals surface area contributed by atoms with Crippen molar-refractivity contribution >= 4 is 15.9 Å². The lowest BCUT2D eigenvalue weighted by molar-refractivity contribution is -0.120. The Morgan fingerprint density at radius 1 is 1.20 bits per heavy atom. The van der Waals surface area contributed by atoms with E-state index in [1.807, 2.05) is 37.3 Å². The zero-order valence-corrected chi connectivity index (χ0v) is 15.3. The first-order valence-corrected chi connectivity index (χ1v) is 9.86. The summed E-state index contributed by atoms with van der Waals surface area (Å²) in [6.45, 7) is 2.67. The van der Waals surface area contributed by atoms with Gasteiger partial charge < -0.3 is 5.32 Å². The second-order valence-corrected chi connectivity index (χ2v) is 7.89. The molecule has 0 atom stereocenters. The number of aryl methyl sites for hydroxylation is 1. The van der Waals surface area contributed by atoms with Crippen molar-refractivity contribution in [3.8, 4) is 0 Å². The maximum Gasteiger partial charge on any atom is 0.224 e. The number of hydrogen-bond donors (Lipinski definition) is 1. The number of pyridine rings is 1. The summed E-state index contributed by atoms with van der Waals surface area (Å²) in [6, 6.07) is 11.3. The molecule has 0 saturated heterocycles. The Bertz CT molecular complexity index is 807. The molecule has 2 aromatic rings. The zero-order chi connectivity index (χ0) is 18.3. The Kier molecular flexibility index (Phi) is 6.66. The van der Waals surface area contributed by atoms with Crippen molar-refractivity contribution in [1.29, 1.82) is 0 Å². The number of amides is 1. The number of carbonyl (C=O) groups is 1. The van der Waals surface area contributed by atoms with Gasteiger partial charge in [-0.15, -0.1) is 0 Å². The van der Waals surface area contributed by atoms with Crippen molar-refractivity contribution in [1.82, 2.24) is 14.6 Å². The largest absolute Gasteiger partial charge is 0.354 e. The number of carbonyl (C=O) groups excluding carboxylic acids is 1. The second kappa shape index (κ2) is 8.73. The maximum absolute atomic E-state index is 12.1. The van der Waals surface area contributed by atoms with Crippen LogP contribution in [-0.4, -0.2) is 43.0 Å². The van der Waals surface area contributed by atoms with Gasteiger partial charge in [0, 0.05) is 32.0 Å². The number of benzene rings is 1. The number of nitrogens with one attached hydrogen (secondary N) is 1. The summed E-state index contributed by atoms with van der Waals surface area (Å²) < 4.78 is 25.2. The molecule has 0 fully saturated rings. The molecule has 1 heterocycles. The van der Waals surface area contributed by atoms with E-state index in [1.165, 1.54) is 10.6 Å². The molecule has 2 rings (SSSR count). The molecule has 0 aliphatic heterocycles.